The predicted octanol–water partition coefficient (Wildman–Crippen LogP) is 3.23. The number of halogens is 1. The van der Waals surface area contributed by atoms with Crippen LogP contribution in [0.3, 0.4) is 0 Å². The van der Waals surface area contributed by atoms with Gasteiger partial charge < -0.3 is 20.7 Å². The lowest BCUT2D eigenvalue weighted by atomic mass is 10.0. The molecule has 1 aliphatic rings. The van der Waals surface area contributed by atoms with Crippen molar-refractivity contribution in [3.05, 3.63) is 64.3 Å². The molecule has 10 heteroatoms. The average Bonchev–Trinajstić information content (AvgIpc) is 3.18. The summed E-state index contributed by atoms with van der Waals surface area (Å²) in [5.41, 5.74) is 8.48. The number of primary amides is 1. The van der Waals surface area contributed by atoms with Crippen molar-refractivity contribution >= 4 is 29.2 Å². The van der Waals surface area contributed by atoms with Gasteiger partial charge in [-0.15, -0.1) is 0 Å². The topological polar surface area (TPSA) is 126 Å². The molecule has 9 nitrogen and oxygen atoms in total. The normalized spacial score (nSPS) is 12.6. The van der Waals surface area contributed by atoms with Gasteiger partial charge in [0, 0.05) is 28.9 Å². The molecule has 0 spiro atoms. The van der Waals surface area contributed by atoms with Crippen molar-refractivity contribution in [2.45, 2.75) is 13.1 Å². The van der Waals surface area contributed by atoms with Crippen molar-refractivity contribution < 1.29 is 14.3 Å². The Hall–Kier alpha value is -4.03. The molecule has 0 radical (unpaired) electrons. The SMILES string of the molecule is COc1cc(NC(=O)N2CCn3nc(-c4cccc(Cl)c4)c(C(N)=O)c3C2)ccc1C#N. The molecule has 2 aromatic carbocycles. The van der Waals surface area contributed by atoms with E-state index >= 15 is 0 Å². The van der Waals surface area contributed by atoms with Crippen molar-refractivity contribution in [2.24, 2.45) is 5.73 Å². The number of hydrogen-bond acceptors (Lipinski definition) is 5. The van der Waals surface area contributed by atoms with Crippen LogP contribution >= 0.6 is 11.6 Å². The second kappa shape index (κ2) is 8.61. The zero-order valence-corrected chi connectivity index (χ0v) is 17.9. The smallest absolute Gasteiger partial charge is 0.322 e. The third-order valence-electron chi connectivity index (χ3n) is 5.18. The van der Waals surface area contributed by atoms with E-state index in [-0.39, 0.29) is 18.1 Å². The number of hydrogen-bond donors (Lipinski definition) is 2. The summed E-state index contributed by atoms with van der Waals surface area (Å²) in [5, 5.41) is 17.0. The monoisotopic (exact) mass is 450 g/mol. The summed E-state index contributed by atoms with van der Waals surface area (Å²) in [7, 11) is 1.45. The van der Waals surface area contributed by atoms with Crippen molar-refractivity contribution in [3.8, 4) is 23.1 Å². The number of ether oxygens (including phenoxy) is 1. The fourth-order valence-electron chi connectivity index (χ4n) is 3.65. The Morgan fingerprint density at radius 1 is 1.25 bits per heavy atom. The molecule has 3 amide bonds. The van der Waals surface area contributed by atoms with E-state index < -0.39 is 5.91 Å². The molecule has 0 atom stereocenters. The van der Waals surface area contributed by atoms with E-state index in [1.165, 1.54) is 7.11 Å². The van der Waals surface area contributed by atoms with E-state index in [2.05, 4.69) is 10.4 Å². The summed E-state index contributed by atoms with van der Waals surface area (Å²) >= 11 is 6.10. The third-order valence-corrected chi connectivity index (χ3v) is 5.42. The highest BCUT2D eigenvalue weighted by Crippen LogP contribution is 2.30. The second-order valence-corrected chi connectivity index (χ2v) is 7.58. The van der Waals surface area contributed by atoms with Crippen LogP contribution in [0.1, 0.15) is 21.6 Å². The maximum absolute atomic E-state index is 12.9. The minimum Gasteiger partial charge on any atom is -0.495 e. The number of nitrogens with zero attached hydrogens (tertiary/aromatic N) is 4. The lowest BCUT2D eigenvalue weighted by Crippen LogP contribution is -2.41. The van der Waals surface area contributed by atoms with Crippen molar-refractivity contribution in [1.29, 1.82) is 5.26 Å². The zero-order chi connectivity index (χ0) is 22.8. The maximum atomic E-state index is 12.9. The number of nitriles is 1. The van der Waals surface area contributed by atoms with Gasteiger partial charge in [0.05, 0.1) is 37.0 Å². The zero-order valence-electron chi connectivity index (χ0n) is 17.1. The highest BCUT2D eigenvalue weighted by molar-refractivity contribution is 6.30. The van der Waals surface area contributed by atoms with Crippen LogP contribution in [0.15, 0.2) is 42.5 Å². The number of nitrogens with one attached hydrogen (secondary N) is 1. The number of aromatic nitrogens is 2. The highest BCUT2D eigenvalue weighted by Gasteiger charge is 2.29. The Balaban J connectivity index is 1.60. The van der Waals surface area contributed by atoms with Crippen LogP contribution in [0.4, 0.5) is 10.5 Å². The van der Waals surface area contributed by atoms with Crippen LogP contribution in [0.5, 0.6) is 5.75 Å². The molecule has 162 valence electrons. The molecular formula is C22H19ClN6O3. The first-order valence-corrected chi connectivity index (χ1v) is 10.1. The Labute approximate surface area is 188 Å². The van der Waals surface area contributed by atoms with E-state index in [9.17, 15) is 9.59 Å². The molecular weight excluding hydrogens is 432 g/mol. The molecule has 0 saturated carbocycles. The largest absolute Gasteiger partial charge is 0.495 e. The Bertz CT molecular complexity index is 1260. The Kier molecular flexibility index (Phi) is 5.71. The molecule has 0 bridgehead atoms. The van der Waals surface area contributed by atoms with Gasteiger partial charge in [-0.3, -0.25) is 9.48 Å². The lowest BCUT2D eigenvalue weighted by molar-refractivity contribution is 0.0997. The van der Waals surface area contributed by atoms with E-state index in [0.717, 1.165) is 0 Å². The van der Waals surface area contributed by atoms with Crippen LogP contribution < -0.4 is 15.8 Å². The first-order chi connectivity index (χ1) is 15.4. The fourth-order valence-corrected chi connectivity index (χ4v) is 3.84. The van der Waals surface area contributed by atoms with Gasteiger partial charge >= 0.3 is 6.03 Å². The number of benzene rings is 2. The average molecular weight is 451 g/mol. The summed E-state index contributed by atoms with van der Waals surface area (Å²) in [6, 6.07) is 13.5. The Morgan fingerprint density at radius 2 is 2.06 bits per heavy atom. The Morgan fingerprint density at radius 3 is 2.75 bits per heavy atom. The fraction of sp³-hybridized carbons (Fsp3) is 0.182. The van der Waals surface area contributed by atoms with Gasteiger partial charge in [-0.25, -0.2) is 4.79 Å². The van der Waals surface area contributed by atoms with E-state index in [1.54, 1.807) is 52.0 Å². The molecule has 1 aliphatic heterocycles. The number of carbonyl (C=O) groups excluding carboxylic acids is 2. The molecule has 4 rings (SSSR count). The first kappa shape index (κ1) is 21.2. The highest BCUT2D eigenvalue weighted by atomic mass is 35.5. The van der Waals surface area contributed by atoms with Gasteiger partial charge in [-0.2, -0.15) is 10.4 Å². The molecule has 32 heavy (non-hydrogen) atoms. The van der Waals surface area contributed by atoms with Crippen LogP contribution in [-0.4, -0.2) is 40.3 Å². The molecule has 1 aromatic heterocycles. The lowest BCUT2D eigenvalue weighted by Gasteiger charge is -2.28. The molecule has 0 aliphatic carbocycles. The van der Waals surface area contributed by atoms with Gasteiger partial charge in [0.15, 0.2) is 0 Å². The number of fused-ring (bicyclic) bond motifs is 1. The number of methoxy groups -OCH3 is 1. The van der Waals surface area contributed by atoms with E-state index in [0.29, 0.717) is 52.1 Å². The number of nitrogens with two attached hydrogens (primary N) is 1. The van der Waals surface area contributed by atoms with Crippen molar-refractivity contribution in [2.75, 3.05) is 19.0 Å². The van der Waals surface area contributed by atoms with Gasteiger partial charge in [-0.1, -0.05) is 23.7 Å². The second-order valence-electron chi connectivity index (χ2n) is 7.15. The van der Waals surface area contributed by atoms with E-state index in [1.807, 2.05) is 6.07 Å². The standard InChI is InChI=1S/C22H19ClN6O3/c1-32-18-10-16(6-5-14(18)11-24)26-22(31)28-7-8-29-17(12-28)19(21(25)30)20(27-29)13-3-2-4-15(23)9-13/h2-6,9-10H,7-8,12H2,1H3,(H2,25,30)(H,26,31). The predicted molar refractivity (Wildman–Crippen MR) is 118 cm³/mol. The van der Waals surface area contributed by atoms with Gasteiger partial charge in [0.25, 0.3) is 5.91 Å². The van der Waals surface area contributed by atoms with Crippen LogP contribution in [0.2, 0.25) is 5.02 Å². The summed E-state index contributed by atoms with van der Waals surface area (Å²) in [4.78, 5) is 26.7. The number of amides is 3. The van der Waals surface area contributed by atoms with E-state index in [4.69, 9.17) is 27.3 Å². The van der Waals surface area contributed by atoms with Crippen molar-refractivity contribution in [3.63, 3.8) is 0 Å². The van der Waals surface area contributed by atoms with Gasteiger partial charge in [-0.05, 0) is 24.3 Å². The number of rotatable bonds is 4. The van der Waals surface area contributed by atoms with Crippen LogP contribution in [0, 0.1) is 11.3 Å². The van der Waals surface area contributed by atoms with Crippen LogP contribution in [-0.2, 0) is 13.1 Å². The molecule has 0 saturated heterocycles. The summed E-state index contributed by atoms with van der Waals surface area (Å²) < 4.78 is 6.89. The first-order valence-electron chi connectivity index (χ1n) is 9.70. The summed E-state index contributed by atoms with van der Waals surface area (Å²) in [6.07, 6.45) is 0. The van der Waals surface area contributed by atoms with Crippen LogP contribution in [0.25, 0.3) is 11.3 Å². The molecule has 3 aromatic rings. The molecule has 0 fully saturated rings. The third kappa shape index (κ3) is 3.96. The summed E-state index contributed by atoms with van der Waals surface area (Å²) in [6.45, 7) is 0.951. The quantitative estimate of drug-likeness (QED) is 0.631. The van der Waals surface area contributed by atoms with Gasteiger partial charge in [0.2, 0.25) is 0 Å². The number of carbonyl (C=O) groups is 2. The maximum Gasteiger partial charge on any atom is 0.322 e. The summed E-state index contributed by atoms with van der Waals surface area (Å²) in [5.74, 6) is -0.260. The van der Waals surface area contributed by atoms with Crippen molar-refractivity contribution in [1.82, 2.24) is 14.7 Å². The molecule has 0 unspecified atom stereocenters. The molecule has 2 heterocycles. The minimum atomic E-state index is -0.625. The molecule has 3 N–H and O–H groups in total. The number of anilines is 1. The number of urea groups is 1. The van der Waals surface area contributed by atoms with Gasteiger partial charge in [0.1, 0.15) is 17.5 Å². The minimum absolute atomic E-state index is 0.158.